The average Bonchev–Trinajstić information content (AvgIpc) is 3.24. The number of para-hydroxylation sites is 2. The Balaban J connectivity index is 1.52. The van der Waals surface area contributed by atoms with Crippen molar-refractivity contribution in [3.05, 3.63) is 42.2 Å². The number of likely N-dealkylation sites (N-methyl/N-ethyl adjacent to an activating group) is 1. The van der Waals surface area contributed by atoms with E-state index in [9.17, 15) is 0 Å². The first-order valence-corrected chi connectivity index (χ1v) is 12.3. The molecule has 0 aliphatic carbocycles. The van der Waals surface area contributed by atoms with Crippen LogP contribution < -0.4 is 24.0 Å². The smallest absolute Gasteiger partial charge is 0.162 e. The highest BCUT2D eigenvalue weighted by molar-refractivity contribution is 5.92. The molecule has 2 saturated heterocycles. The summed E-state index contributed by atoms with van der Waals surface area (Å²) in [6, 6.07) is 12.2. The number of fused-ring (bicyclic) bond motifs is 1. The van der Waals surface area contributed by atoms with Gasteiger partial charge in [0.25, 0.3) is 0 Å². The number of aromatic nitrogens is 2. The maximum absolute atomic E-state index is 5.62. The van der Waals surface area contributed by atoms with Crippen LogP contribution >= 0.6 is 0 Å². The molecule has 3 heterocycles. The normalized spacial score (nSPS) is 20.9. The first kappa shape index (κ1) is 23.5. The Hall–Kier alpha value is -3.26. The van der Waals surface area contributed by atoms with Crippen LogP contribution in [0.4, 0.5) is 11.5 Å². The Labute approximate surface area is 207 Å². The van der Waals surface area contributed by atoms with E-state index < -0.39 is 0 Å². The number of hydrogen-bond donors (Lipinski definition) is 0. The predicted molar refractivity (Wildman–Crippen MR) is 139 cm³/mol. The van der Waals surface area contributed by atoms with Gasteiger partial charge in [-0.2, -0.15) is 0 Å². The van der Waals surface area contributed by atoms with Gasteiger partial charge in [-0.3, -0.25) is 0 Å². The van der Waals surface area contributed by atoms with Crippen LogP contribution in [0.15, 0.2) is 36.4 Å². The summed E-state index contributed by atoms with van der Waals surface area (Å²) < 4.78 is 16.8. The standard InChI is InChI=1S/C27H35N5O3/c1-18-16-30(2)17-20(18)26-28-21-15-25(35-5)24(34-4)14-19(21)27(29-26)32-12-10-31(11-13-32)22-8-6-7-9-23(22)33-3/h6-9,14-15,18,20H,10-13,16-17H2,1-5H3. The van der Waals surface area contributed by atoms with E-state index in [1.165, 1.54) is 0 Å². The molecule has 8 heteroatoms. The number of rotatable bonds is 6. The minimum absolute atomic E-state index is 0.311. The molecule has 0 radical (unpaired) electrons. The molecule has 2 fully saturated rings. The molecule has 2 aliphatic rings. The summed E-state index contributed by atoms with van der Waals surface area (Å²) in [5.74, 6) is 5.01. The summed E-state index contributed by atoms with van der Waals surface area (Å²) in [5.41, 5.74) is 2.04. The molecule has 35 heavy (non-hydrogen) atoms. The van der Waals surface area contributed by atoms with E-state index in [-0.39, 0.29) is 0 Å². The molecule has 2 unspecified atom stereocenters. The first-order chi connectivity index (χ1) is 17.0. The highest BCUT2D eigenvalue weighted by atomic mass is 16.5. The van der Waals surface area contributed by atoms with Crippen LogP contribution in [-0.4, -0.2) is 82.5 Å². The summed E-state index contributed by atoms with van der Waals surface area (Å²) in [6.07, 6.45) is 0. The van der Waals surface area contributed by atoms with Gasteiger partial charge in [0.1, 0.15) is 17.4 Å². The van der Waals surface area contributed by atoms with Crippen LogP contribution in [0, 0.1) is 5.92 Å². The van der Waals surface area contributed by atoms with E-state index in [0.29, 0.717) is 23.3 Å². The first-order valence-electron chi connectivity index (χ1n) is 12.3. The van der Waals surface area contributed by atoms with Crippen molar-refractivity contribution in [2.75, 3.05) is 77.4 Å². The lowest BCUT2D eigenvalue weighted by Crippen LogP contribution is -2.47. The lowest BCUT2D eigenvalue weighted by Gasteiger charge is -2.37. The minimum atomic E-state index is 0.311. The number of likely N-dealkylation sites (tertiary alicyclic amines) is 1. The van der Waals surface area contributed by atoms with Crippen molar-refractivity contribution in [2.45, 2.75) is 12.8 Å². The van der Waals surface area contributed by atoms with Crippen molar-refractivity contribution in [1.82, 2.24) is 14.9 Å². The molecule has 3 aromatic rings. The summed E-state index contributed by atoms with van der Waals surface area (Å²) in [7, 11) is 7.23. The second-order valence-corrected chi connectivity index (χ2v) is 9.58. The highest BCUT2D eigenvalue weighted by Gasteiger charge is 2.32. The van der Waals surface area contributed by atoms with Gasteiger partial charge in [-0.15, -0.1) is 0 Å². The van der Waals surface area contributed by atoms with Crippen LogP contribution in [0.5, 0.6) is 17.2 Å². The Kier molecular flexibility index (Phi) is 6.56. The van der Waals surface area contributed by atoms with E-state index in [0.717, 1.165) is 73.3 Å². The Morgan fingerprint density at radius 2 is 1.46 bits per heavy atom. The molecular weight excluding hydrogens is 442 g/mol. The third kappa shape index (κ3) is 4.43. The van der Waals surface area contributed by atoms with Crippen LogP contribution in [0.3, 0.4) is 0 Å². The SMILES string of the molecule is COc1cc2nc(C3CN(C)CC3C)nc(N3CCN(c4ccccc4OC)CC3)c2cc1OC. The van der Waals surface area contributed by atoms with Crippen molar-refractivity contribution in [1.29, 1.82) is 0 Å². The van der Waals surface area contributed by atoms with E-state index in [4.69, 9.17) is 24.2 Å². The summed E-state index contributed by atoms with van der Waals surface area (Å²) >= 11 is 0. The quantitative estimate of drug-likeness (QED) is 0.533. The Bertz CT molecular complexity index is 1190. The molecule has 5 rings (SSSR count). The molecule has 2 aliphatic heterocycles. The van der Waals surface area contributed by atoms with Gasteiger partial charge in [0, 0.05) is 56.6 Å². The topological polar surface area (TPSA) is 63.2 Å². The summed E-state index contributed by atoms with van der Waals surface area (Å²) in [6.45, 7) is 7.82. The zero-order chi connectivity index (χ0) is 24.5. The Morgan fingerprint density at radius 1 is 0.800 bits per heavy atom. The number of methoxy groups -OCH3 is 3. The van der Waals surface area contributed by atoms with Crippen molar-refractivity contribution < 1.29 is 14.2 Å². The predicted octanol–water partition coefficient (Wildman–Crippen LogP) is 3.65. The fourth-order valence-electron chi connectivity index (χ4n) is 5.46. The Morgan fingerprint density at radius 3 is 2.11 bits per heavy atom. The molecule has 2 atom stereocenters. The van der Waals surface area contributed by atoms with Gasteiger partial charge in [0.2, 0.25) is 0 Å². The van der Waals surface area contributed by atoms with E-state index >= 15 is 0 Å². The van der Waals surface area contributed by atoms with E-state index in [2.05, 4.69) is 40.8 Å². The molecule has 1 aromatic heterocycles. The largest absolute Gasteiger partial charge is 0.495 e. The minimum Gasteiger partial charge on any atom is -0.495 e. The molecule has 0 spiro atoms. The van der Waals surface area contributed by atoms with Crippen molar-refractivity contribution in [2.24, 2.45) is 5.92 Å². The van der Waals surface area contributed by atoms with Gasteiger partial charge in [0.05, 0.1) is 32.5 Å². The third-order valence-corrected chi connectivity index (χ3v) is 7.33. The van der Waals surface area contributed by atoms with Crippen LogP contribution in [-0.2, 0) is 0 Å². The van der Waals surface area contributed by atoms with Crippen LogP contribution in [0.25, 0.3) is 10.9 Å². The zero-order valence-corrected chi connectivity index (χ0v) is 21.3. The fraction of sp³-hybridized carbons (Fsp3) is 0.481. The van der Waals surface area contributed by atoms with Crippen molar-refractivity contribution in [3.63, 3.8) is 0 Å². The maximum atomic E-state index is 5.62. The number of anilines is 2. The molecule has 0 saturated carbocycles. The average molecular weight is 478 g/mol. The lowest BCUT2D eigenvalue weighted by molar-refractivity contribution is 0.355. The summed E-state index contributed by atoms with van der Waals surface area (Å²) in [4.78, 5) is 17.4. The number of nitrogens with zero attached hydrogens (tertiary/aromatic N) is 5. The third-order valence-electron chi connectivity index (χ3n) is 7.33. The molecular formula is C27H35N5O3. The van der Waals surface area contributed by atoms with Gasteiger partial charge >= 0.3 is 0 Å². The van der Waals surface area contributed by atoms with Gasteiger partial charge in [-0.25, -0.2) is 9.97 Å². The van der Waals surface area contributed by atoms with Gasteiger partial charge in [-0.05, 0) is 31.2 Å². The number of ether oxygens (including phenoxy) is 3. The molecule has 8 nitrogen and oxygen atoms in total. The van der Waals surface area contributed by atoms with Gasteiger partial charge in [0.15, 0.2) is 11.5 Å². The molecule has 186 valence electrons. The molecule has 0 amide bonds. The van der Waals surface area contributed by atoms with Gasteiger partial charge < -0.3 is 28.9 Å². The van der Waals surface area contributed by atoms with Crippen molar-refractivity contribution >= 4 is 22.4 Å². The summed E-state index contributed by atoms with van der Waals surface area (Å²) in [5, 5.41) is 0.996. The number of benzene rings is 2. The van der Waals surface area contributed by atoms with E-state index in [1.807, 2.05) is 24.3 Å². The fourth-order valence-corrected chi connectivity index (χ4v) is 5.46. The van der Waals surface area contributed by atoms with Gasteiger partial charge in [-0.1, -0.05) is 19.1 Å². The molecule has 2 aromatic carbocycles. The second kappa shape index (κ2) is 9.77. The van der Waals surface area contributed by atoms with Crippen LogP contribution in [0.2, 0.25) is 0 Å². The molecule has 0 bridgehead atoms. The van der Waals surface area contributed by atoms with E-state index in [1.54, 1.807) is 21.3 Å². The number of piperazine rings is 1. The zero-order valence-electron chi connectivity index (χ0n) is 21.3. The lowest BCUT2D eigenvalue weighted by atomic mass is 9.97. The van der Waals surface area contributed by atoms with Crippen LogP contribution in [0.1, 0.15) is 18.7 Å². The number of hydrogen-bond acceptors (Lipinski definition) is 8. The monoisotopic (exact) mass is 477 g/mol. The highest BCUT2D eigenvalue weighted by Crippen LogP contribution is 2.38. The maximum Gasteiger partial charge on any atom is 0.162 e. The second-order valence-electron chi connectivity index (χ2n) is 9.58. The van der Waals surface area contributed by atoms with Crippen molar-refractivity contribution in [3.8, 4) is 17.2 Å². The molecule has 0 N–H and O–H groups in total.